The van der Waals surface area contributed by atoms with E-state index in [1.54, 1.807) is 0 Å². The van der Waals surface area contributed by atoms with Crippen molar-refractivity contribution in [3.8, 4) is 0 Å². The van der Waals surface area contributed by atoms with Crippen molar-refractivity contribution < 1.29 is 0 Å². The molecule has 0 radical (unpaired) electrons. The van der Waals surface area contributed by atoms with E-state index in [0.29, 0.717) is 0 Å². The number of aryl methyl sites for hydroxylation is 2. The third-order valence-corrected chi connectivity index (χ3v) is 3.08. The van der Waals surface area contributed by atoms with Gasteiger partial charge in [-0.15, -0.1) is 0 Å². The van der Waals surface area contributed by atoms with Gasteiger partial charge in [-0.2, -0.15) is 0 Å². The summed E-state index contributed by atoms with van der Waals surface area (Å²) in [6.45, 7) is 11.3. The highest BCUT2D eigenvalue weighted by Gasteiger charge is 2.15. The lowest BCUT2D eigenvalue weighted by Crippen LogP contribution is -2.07. The molecule has 1 aromatic carbocycles. The summed E-state index contributed by atoms with van der Waals surface area (Å²) in [6, 6.07) is 6.97. The molecule has 0 spiro atoms. The van der Waals surface area contributed by atoms with Crippen molar-refractivity contribution >= 4 is 0 Å². The zero-order valence-corrected chi connectivity index (χ0v) is 10.8. The van der Waals surface area contributed by atoms with Crippen molar-refractivity contribution in [2.45, 2.75) is 53.4 Å². The largest absolute Gasteiger partial charge is 0.0654 e. The van der Waals surface area contributed by atoms with E-state index in [2.05, 4.69) is 52.8 Å². The fourth-order valence-corrected chi connectivity index (χ4v) is 2.42. The Hall–Kier alpha value is -0.780. The van der Waals surface area contributed by atoms with E-state index in [1.165, 1.54) is 29.5 Å². The smallest absolute Gasteiger partial charge is 0.0139 e. The molecule has 0 amide bonds. The van der Waals surface area contributed by atoms with Gasteiger partial charge < -0.3 is 0 Å². The van der Waals surface area contributed by atoms with Crippen molar-refractivity contribution in [3.05, 3.63) is 34.9 Å². The van der Waals surface area contributed by atoms with Crippen LogP contribution in [0.5, 0.6) is 0 Å². The van der Waals surface area contributed by atoms with E-state index in [1.807, 2.05) is 0 Å². The Kier molecular flexibility index (Phi) is 4.38. The minimum atomic E-state index is 0.730. The molecule has 0 saturated heterocycles. The Balaban J connectivity index is 2.99. The third-order valence-electron chi connectivity index (χ3n) is 3.08. The molecule has 0 nitrogen and oxygen atoms in total. The van der Waals surface area contributed by atoms with Gasteiger partial charge in [-0.05, 0) is 37.7 Å². The van der Waals surface area contributed by atoms with Gasteiger partial charge in [-0.3, -0.25) is 0 Å². The Morgan fingerprint density at radius 2 is 1.53 bits per heavy atom. The molecule has 0 bridgehead atoms. The van der Waals surface area contributed by atoms with Gasteiger partial charge in [0, 0.05) is 0 Å². The molecule has 0 heterocycles. The first-order valence-corrected chi connectivity index (χ1v) is 6.12. The number of rotatable bonds is 4. The van der Waals surface area contributed by atoms with Gasteiger partial charge >= 0.3 is 0 Å². The van der Waals surface area contributed by atoms with Crippen LogP contribution in [0.25, 0.3) is 0 Å². The Bertz CT molecular complexity index is 290. The van der Waals surface area contributed by atoms with Crippen LogP contribution in [-0.4, -0.2) is 0 Å². The Morgan fingerprint density at radius 1 is 1.00 bits per heavy atom. The maximum atomic E-state index is 2.35. The van der Waals surface area contributed by atoms with Crippen LogP contribution >= 0.6 is 0 Å². The molecule has 1 unspecified atom stereocenters. The quantitative estimate of drug-likeness (QED) is 0.658. The first kappa shape index (κ1) is 12.3. The van der Waals surface area contributed by atoms with Crippen LogP contribution in [0.4, 0.5) is 0 Å². The fraction of sp³-hybridized carbons (Fsp3) is 0.600. The van der Waals surface area contributed by atoms with Gasteiger partial charge in [0.05, 0.1) is 0 Å². The molecule has 0 saturated carbocycles. The van der Waals surface area contributed by atoms with Gasteiger partial charge in [0.15, 0.2) is 0 Å². The number of hydrogen-bond acceptors (Lipinski definition) is 0. The summed E-state index contributed by atoms with van der Waals surface area (Å²) in [4.78, 5) is 0. The fourth-order valence-electron chi connectivity index (χ4n) is 2.42. The summed E-state index contributed by atoms with van der Waals surface area (Å²) in [5, 5.41) is 0. The second kappa shape index (κ2) is 5.34. The Labute approximate surface area is 94.7 Å². The van der Waals surface area contributed by atoms with Crippen molar-refractivity contribution in [3.63, 3.8) is 0 Å². The second-order valence-corrected chi connectivity index (χ2v) is 5.06. The van der Waals surface area contributed by atoms with Gasteiger partial charge in [0.25, 0.3) is 0 Å². The molecule has 0 aliphatic carbocycles. The summed E-state index contributed by atoms with van der Waals surface area (Å²) in [6.07, 6.45) is 2.58. The summed E-state index contributed by atoms with van der Waals surface area (Å²) in [5.74, 6) is 1.47. The molecular formula is C15H24. The minimum Gasteiger partial charge on any atom is -0.0654 e. The molecule has 1 aromatic rings. The molecule has 84 valence electrons. The molecule has 0 aliphatic rings. The predicted molar refractivity (Wildman–Crippen MR) is 68.4 cm³/mol. The molecule has 0 N–H and O–H groups in total. The van der Waals surface area contributed by atoms with Crippen molar-refractivity contribution in [2.75, 3.05) is 0 Å². The summed E-state index contributed by atoms with van der Waals surface area (Å²) in [7, 11) is 0. The van der Waals surface area contributed by atoms with Crippen LogP contribution in [0.1, 0.15) is 56.2 Å². The van der Waals surface area contributed by atoms with Crippen LogP contribution in [-0.2, 0) is 0 Å². The van der Waals surface area contributed by atoms with E-state index >= 15 is 0 Å². The average molecular weight is 204 g/mol. The molecule has 0 aliphatic heterocycles. The predicted octanol–water partition coefficient (Wildman–Crippen LogP) is 4.84. The molecule has 0 heteroatoms. The van der Waals surface area contributed by atoms with E-state index in [4.69, 9.17) is 0 Å². The van der Waals surface area contributed by atoms with E-state index in [9.17, 15) is 0 Å². The molecular weight excluding hydrogens is 180 g/mol. The van der Waals surface area contributed by atoms with Crippen LogP contribution in [0.2, 0.25) is 0 Å². The lowest BCUT2D eigenvalue weighted by Gasteiger charge is -2.21. The molecule has 0 aromatic heterocycles. The van der Waals surface area contributed by atoms with Crippen LogP contribution in [0.15, 0.2) is 18.2 Å². The highest BCUT2D eigenvalue weighted by atomic mass is 14.2. The number of hydrogen-bond donors (Lipinski definition) is 0. The van der Waals surface area contributed by atoms with Crippen molar-refractivity contribution in [2.24, 2.45) is 5.92 Å². The Morgan fingerprint density at radius 3 is 1.93 bits per heavy atom. The van der Waals surface area contributed by atoms with E-state index in [-0.39, 0.29) is 0 Å². The van der Waals surface area contributed by atoms with Gasteiger partial charge in [-0.25, -0.2) is 0 Å². The first-order valence-electron chi connectivity index (χ1n) is 6.12. The molecule has 1 rings (SSSR count). The summed E-state index contributed by atoms with van der Waals surface area (Å²) in [5.41, 5.74) is 4.32. The van der Waals surface area contributed by atoms with Crippen molar-refractivity contribution in [1.29, 1.82) is 0 Å². The SMILES string of the molecule is CCCC(c1cc(C)cc(C)c1)C(C)C. The zero-order valence-electron chi connectivity index (χ0n) is 10.8. The molecule has 1 atom stereocenters. The first-order chi connectivity index (χ1) is 7.04. The average Bonchev–Trinajstić information content (AvgIpc) is 2.11. The van der Waals surface area contributed by atoms with Crippen LogP contribution in [0, 0.1) is 19.8 Å². The standard InChI is InChI=1S/C15H24/c1-6-7-15(11(2)3)14-9-12(4)8-13(5)10-14/h8-11,15H,6-7H2,1-5H3. The van der Waals surface area contributed by atoms with E-state index < -0.39 is 0 Å². The number of benzene rings is 1. The zero-order chi connectivity index (χ0) is 11.4. The third kappa shape index (κ3) is 3.37. The van der Waals surface area contributed by atoms with Crippen LogP contribution in [0.3, 0.4) is 0 Å². The highest BCUT2D eigenvalue weighted by molar-refractivity contribution is 5.31. The maximum absolute atomic E-state index is 2.35. The molecule has 0 fully saturated rings. The van der Waals surface area contributed by atoms with E-state index in [0.717, 1.165) is 11.8 Å². The van der Waals surface area contributed by atoms with Crippen molar-refractivity contribution in [1.82, 2.24) is 0 Å². The normalized spacial score (nSPS) is 13.2. The lowest BCUT2D eigenvalue weighted by atomic mass is 9.84. The summed E-state index contributed by atoms with van der Waals surface area (Å²) >= 11 is 0. The second-order valence-electron chi connectivity index (χ2n) is 5.06. The minimum absolute atomic E-state index is 0.730. The van der Waals surface area contributed by atoms with Gasteiger partial charge in [0.2, 0.25) is 0 Å². The van der Waals surface area contributed by atoms with Crippen LogP contribution < -0.4 is 0 Å². The maximum Gasteiger partial charge on any atom is -0.0139 e. The topological polar surface area (TPSA) is 0 Å². The lowest BCUT2D eigenvalue weighted by molar-refractivity contribution is 0.463. The highest BCUT2D eigenvalue weighted by Crippen LogP contribution is 2.30. The van der Waals surface area contributed by atoms with Gasteiger partial charge in [-0.1, -0.05) is 56.5 Å². The van der Waals surface area contributed by atoms with Gasteiger partial charge in [0.1, 0.15) is 0 Å². The molecule has 15 heavy (non-hydrogen) atoms. The monoisotopic (exact) mass is 204 g/mol. The summed E-state index contributed by atoms with van der Waals surface area (Å²) < 4.78 is 0.